The lowest BCUT2D eigenvalue weighted by Gasteiger charge is -2.30. The second-order valence-electron chi connectivity index (χ2n) is 10.5. The third-order valence-electron chi connectivity index (χ3n) is 6.74. The normalized spacial score (nSPS) is 15.0. The number of carbonyl (C=O) groups is 1. The highest BCUT2D eigenvalue weighted by atomic mass is 32.2. The number of rotatable bonds is 6. The van der Waals surface area contributed by atoms with Gasteiger partial charge in [-0.05, 0) is 99.2 Å². The third-order valence-corrected chi connectivity index (χ3v) is 8.54. The number of carboxylic acid groups (broad SMARTS) is 1. The van der Waals surface area contributed by atoms with E-state index in [1.165, 1.54) is 16.4 Å². The number of halogens is 1. The number of nitrogens with zero attached hydrogens (tertiary/aromatic N) is 1. The molecule has 37 heavy (non-hydrogen) atoms. The number of aliphatic carboxylic acids is 1. The summed E-state index contributed by atoms with van der Waals surface area (Å²) in [7, 11) is -3.90. The number of hydrogen-bond acceptors (Lipinski definition) is 4. The average molecular weight is 526 g/mol. The lowest BCUT2D eigenvalue weighted by molar-refractivity contribution is -0.160. The zero-order valence-corrected chi connectivity index (χ0v) is 22.7. The molecule has 0 aromatic heterocycles. The van der Waals surface area contributed by atoms with E-state index < -0.39 is 33.5 Å². The molecular formula is C29H32FNO5S. The number of ether oxygens (including phenoxy) is 1. The summed E-state index contributed by atoms with van der Waals surface area (Å²) in [5.74, 6) is -1.62. The van der Waals surface area contributed by atoms with Gasteiger partial charge in [-0.1, -0.05) is 29.8 Å². The number of fused-ring (bicyclic) bond motifs is 1. The number of sulfonamides is 1. The minimum Gasteiger partial charge on any atom is -0.479 e. The molecule has 1 aliphatic rings. The van der Waals surface area contributed by atoms with Crippen LogP contribution < -0.4 is 0 Å². The molecule has 3 aromatic rings. The van der Waals surface area contributed by atoms with E-state index in [9.17, 15) is 22.7 Å². The topological polar surface area (TPSA) is 83.9 Å². The van der Waals surface area contributed by atoms with Crippen LogP contribution >= 0.6 is 0 Å². The maximum absolute atomic E-state index is 13.4. The highest BCUT2D eigenvalue weighted by molar-refractivity contribution is 7.89. The van der Waals surface area contributed by atoms with Gasteiger partial charge in [0.1, 0.15) is 5.82 Å². The fraction of sp³-hybridized carbons (Fsp3) is 0.345. The Kier molecular flexibility index (Phi) is 7.05. The number of aryl methyl sites for hydroxylation is 1. The molecule has 6 nitrogen and oxygen atoms in total. The Bertz CT molecular complexity index is 1460. The quantitative estimate of drug-likeness (QED) is 0.423. The summed E-state index contributed by atoms with van der Waals surface area (Å²) in [5.41, 5.74) is 5.60. The fourth-order valence-electron chi connectivity index (χ4n) is 4.92. The van der Waals surface area contributed by atoms with Gasteiger partial charge in [0, 0.05) is 18.7 Å². The summed E-state index contributed by atoms with van der Waals surface area (Å²) < 4.78 is 47.7. The van der Waals surface area contributed by atoms with E-state index in [1.807, 2.05) is 45.0 Å². The molecule has 1 atom stereocenters. The van der Waals surface area contributed by atoms with Crippen LogP contribution in [-0.2, 0) is 32.6 Å². The van der Waals surface area contributed by atoms with Crippen molar-refractivity contribution in [1.29, 1.82) is 0 Å². The van der Waals surface area contributed by atoms with E-state index in [0.717, 1.165) is 45.5 Å². The summed E-state index contributed by atoms with van der Waals surface area (Å²) in [4.78, 5) is 12.6. The molecule has 0 saturated heterocycles. The van der Waals surface area contributed by atoms with Crippen LogP contribution in [-0.4, -0.2) is 29.4 Å². The van der Waals surface area contributed by atoms with E-state index in [1.54, 1.807) is 20.8 Å². The van der Waals surface area contributed by atoms with Gasteiger partial charge in [-0.3, -0.25) is 0 Å². The van der Waals surface area contributed by atoms with Crippen molar-refractivity contribution in [2.75, 3.05) is 0 Å². The van der Waals surface area contributed by atoms with Crippen molar-refractivity contribution in [3.63, 3.8) is 0 Å². The highest BCUT2D eigenvalue weighted by Gasteiger charge is 2.38. The van der Waals surface area contributed by atoms with Gasteiger partial charge in [0.2, 0.25) is 10.0 Å². The molecule has 0 fully saturated rings. The predicted molar refractivity (Wildman–Crippen MR) is 140 cm³/mol. The zero-order valence-electron chi connectivity index (χ0n) is 21.9. The fourth-order valence-corrected chi connectivity index (χ4v) is 6.30. The maximum atomic E-state index is 13.4. The Morgan fingerprint density at radius 1 is 0.946 bits per heavy atom. The molecule has 0 aliphatic carbocycles. The first-order chi connectivity index (χ1) is 17.2. The van der Waals surface area contributed by atoms with Crippen LogP contribution in [0.4, 0.5) is 4.39 Å². The minimum absolute atomic E-state index is 0.00970. The van der Waals surface area contributed by atoms with Gasteiger partial charge >= 0.3 is 5.97 Å². The Morgan fingerprint density at radius 2 is 1.49 bits per heavy atom. The van der Waals surface area contributed by atoms with Crippen LogP contribution in [0.2, 0.25) is 0 Å². The molecule has 8 heteroatoms. The van der Waals surface area contributed by atoms with Crippen molar-refractivity contribution in [1.82, 2.24) is 4.31 Å². The third kappa shape index (κ3) is 5.19. The first-order valence-electron chi connectivity index (χ1n) is 12.1. The summed E-state index contributed by atoms with van der Waals surface area (Å²) in [6, 6.07) is 12.6. The van der Waals surface area contributed by atoms with Crippen LogP contribution in [0.5, 0.6) is 0 Å². The molecule has 1 heterocycles. The second kappa shape index (κ2) is 9.67. The van der Waals surface area contributed by atoms with Crippen molar-refractivity contribution in [2.45, 2.75) is 71.2 Å². The largest absolute Gasteiger partial charge is 0.479 e. The minimum atomic E-state index is -3.90. The molecule has 196 valence electrons. The first kappa shape index (κ1) is 27.0. The van der Waals surface area contributed by atoms with Crippen molar-refractivity contribution in [2.24, 2.45) is 0 Å². The van der Waals surface area contributed by atoms with E-state index in [-0.39, 0.29) is 18.0 Å². The molecule has 0 spiro atoms. The Morgan fingerprint density at radius 3 is 2.00 bits per heavy atom. The van der Waals surface area contributed by atoms with Gasteiger partial charge < -0.3 is 9.84 Å². The van der Waals surface area contributed by atoms with Gasteiger partial charge in [-0.15, -0.1) is 0 Å². The standard InChI is InChI=1S/C29H32FNO5S/c1-17-7-9-20(10-8-17)25-18(2)23-15-31(37(34,35)22-13-11-21(30)12-14-22)16-24(23)19(3)26(25)27(28(32)33)36-29(4,5)6/h7-14,27H,15-16H2,1-6H3,(H,32,33). The number of carboxylic acids is 1. The molecule has 0 radical (unpaired) electrons. The SMILES string of the molecule is Cc1ccc(-c2c(C)c3c(c(C)c2C(OC(C)(C)C)C(=O)O)CN(S(=O)(=O)c2ccc(F)cc2)C3)cc1. The average Bonchev–Trinajstić information content (AvgIpc) is 3.27. The van der Waals surface area contributed by atoms with Crippen molar-refractivity contribution in [3.05, 3.63) is 87.7 Å². The molecular weight excluding hydrogens is 493 g/mol. The molecule has 1 N–H and O–H groups in total. The van der Waals surface area contributed by atoms with Gasteiger partial charge in [0.15, 0.2) is 6.10 Å². The van der Waals surface area contributed by atoms with Crippen LogP contribution in [0.3, 0.4) is 0 Å². The predicted octanol–water partition coefficient (Wildman–Crippen LogP) is 6.06. The number of benzene rings is 3. The summed E-state index contributed by atoms with van der Waals surface area (Å²) in [6.07, 6.45) is -1.25. The van der Waals surface area contributed by atoms with Crippen molar-refractivity contribution >= 4 is 16.0 Å². The van der Waals surface area contributed by atoms with E-state index in [2.05, 4.69) is 0 Å². The molecule has 1 unspecified atom stereocenters. The lowest BCUT2D eigenvalue weighted by atomic mass is 9.83. The highest BCUT2D eigenvalue weighted by Crippen LogP contribution is 2.44. The number of hydrogen-bond donors (Lipinski definition) is 1. The van der Waals surface area contributed by atoms with Crippen molar-refractivity contribution in [3.8, 4) is 11.1 Å². The van der Waals surface area contributed by atoms with Gasteiger partial charge in [0.05, 0.1) is 10.5 Å². The van der Waals surface area contributed by atoms with Crippen LogP contribution in [0.25, 0.3) is 11.1 Å². The smallest absolute Gasteiger partial charge is 0.337 e. The Hall–Kier alpha value is -3.07. The van der Waals surface area contributed by atoms with Crippen molar-refractivity contribution < 1.29 is 27.4 Å². The monoisotopic (exact) mass is 525 g/mol. The summed E-state index contributed by atoms with van der Waals surface area (Å²) in [5, 5.41) is 10.3. The van der Waals surface area contributed by atoms with Crippen LogP contribution in [0.1, 0.15) is 60.3 Å². The first-order valence-corrected chi connectivity index (χ1v) is 13.5. The molecule has 0 amide bonds. The molecule has 0 saturated carbocycles. The molecule has 4 rings (SSSR count). The van der Waals surface area contributed by atoms with Gasteiger partial charge in [0.25, 0.3) is 0 Å². The maximum Gasteiger partial charge on any atom is 0.337 e. The summed E-state index contributed by atoms with van der Waals surface area (Å²) >= 11 is 0. The van der Waals surface area contributed by atoms with E-state index in [0.29, 0.717) is 11.1 Å². The molecule has 0 bridgehead atoms. The zero-order chi connectivity index (χ0) is 27.3. The second-order valence-corrected chi connectivity index (χ2v) is 12.5. The molecule has 1 aliphatic heterocycles. The van der Waals surface area contributed by atoms with Gasteiger partial charge in [-0.2, -0.15) is 4.31 Å². The molecule has 3 aromatic carbocycles. The van der Waals surface area contributed by atoms with E-state index in [4.69, 9.17) is 4.74 Å². The van der Waals surface area contributed by atoms with Crippen LogP contribution in [0.15, 0.2) is 53.4 Å². The lowest BCUT2D eigenvalue weighted by Crippen LogP contribution is -2.28. The van der Waals surface area contributed by atoms with Crippen LogP contribution in [0, 0.1) is 26.6 Å². The van der Waals surface area contributed by atoms with Gasteiger partial charge in [-0.25, -0.2) is 17.6 Å². The van der Waals surface area contributed by atoms with E-state index >= 15 is 0 Å². The summed E-state index contributed by atoms with van der Waals surface area (Å²) in [6.45, 7) is 11.4. The Labute approximate surface area is 217 Å². The Balaban J connectivity index is 1.92.